The van der Waals surface area contributed by atoms with Crippen LogP contribution in [0.4, 0.5) is 0 Å². The van der Waals surface area contributed by atoms with Crippen molar-refractivity contribution in [2.75, 3.05) is 13.3 Å². The van der Waals surface area contributed by atoms with E-state index < -0.39 is 9.84 Å². The predicted molar refractivity (Wildman–Crippen MR) is 71.3 cm³/mol. The van der Waals surface area contributed by atoms with Gasteiger partial charge < -0.3 is 10.3 Å². The van der Waals surface area contributed by atoms with E-state index in [4.69, 9.17) is 0 Å². The number of aromatic nitrogens is 2. The average Bonchev–Trinajstić information content (AvgIpc) is 2.71. The lowest BCUT2D eigenvalue weighted by Gasteiger charge is -2.09. The average molecular weight is 267 g/mol. The van der Waals surface area contributed by atoms with E-state index in [1.807, 2.05) is 7.05 Å². The summed E-state index contributed by atoms with van der Waals surface area (Å²) in [7, 11) is -1.30. The second kappa shape index (κ2) is 4.70. The molecular formula is C12H17N3O2S. The lowest BCUT2D eigenvalue weighted by Crippen LogP contribution is -2.16. The van der Waals surface area contributed by atoms with Crippen LogP contribution in [-0.2, 0) is 9.84 Å². The summed E-state index contributed by atoms with van der Waals surface area (Å²) in [6, 6.07) is 5.10. The Hall–Kier alpha value is -1.40. The van der Waals surface area contributed by atoms with Crippen LogP contribution >= 0.6 is 0 Å². The maximum Gasteiger partial charge on any atom is 0.175 e. The van der Waals surface area contributed by atoms with Gasteiger partial charge in [0.25, 0.3) is 0 Å². The molecule has 2 aromatic rings. The van der Waals surface area contributed by atoms with Gasteiger partial charge in [-0.1, -0.05) is 6.92 Å². The Bertz CT molecular complexity index is 657. The first-order valence-electron chi connectivity index (χ1n) is 5.82. The molecule has 0 fully saturated rings. The van der Waals surface area contributed by atoms with Gasteiger partial charge in [0.2, 0.25) is 0 Å². The molecule has 0 saturated heterocycles. The van der Waals surface area contributed by atoms with Crippen LogP contribution < -0.4 is 5.32 Å². The molecule has 1 atom stereocenters. The number of sulfone groups is 1. The third-order valence-corrected chi connectivity index (χ3v) is 4.10. The number of rotatable bonds is 4. The van der Waals surface area contributed by atoms with E-state index >= 15 is 0 Å². The van der Waals surface area contributed by atoms with Gasteiger partial charge in [-0.25, -0.2) is 13.4 Å². The van der Waals surface area contributed by atoms with Crippen molar-refractivity contribution in [2.45, 2.75) is 24.3 Å². The van der Waals surface area contributed by atoms with Crippen molar-refractivity contribution in [1.29, 1.82) is 0 Å². The van der Waals surface area contributed by atoms with Crippen molar-refractivity contribution in [2.24, 2.45) is 0 Å². The number of aromatic amines is 1. The third kappa shape index (κ3) is 2.39. The van der Waals surface area contributed by atoms with Gasteiger partial charge in [-0.2, -0.15) is 0 Å². The molecule has 5 nitrogen and oxygen atoms in total. The zero-order valence-electron chi connectivity index (χ0n) is 10.7. The normalized spacial score (nSPS) is 13.9. The minimum absolute atomic E-state index is 0.152. The minimum Gasteiger partial charge on any atom is -0.341 e. The van der Waals surface area contributed by atoms with Gasteiger partial charge in [-0.3, -0.25) is 0 Å². The van der Waals surface area contributed by atoms with Crippen molar-refractivity contribution in [1.82, 2.24) is 15.3 Å². The largest absolute Gasteiger partial charge is 0.341 e. The highest BCUT2D eigenvalue weighted by Crippen LogP contribution is 2.21. The van der Waals surface area contributed by atoms with Gasteiger partial charge in [0.15, 0.2) is 9.84 Å². The number of hydrogen-bond donors (Lipinski definition) is 2. The second-order valence-electron chi connectivity index (χ2n) is 4.32. The number of nitrogens with zero attached hydrogens (tertiary/aromatic N) is 1. The van der Waals surface area contributed by atoms with E-state index in [0.717, 1.165) is 23.3 Å². The first-order chi connectivity index (χ1) is 8.45. The second-order valence-corrected chi connectivity index (χ2v) is 6.34. The highest BCUT2D eigenvalue weighted by atomic mass is 32.2. The summed E-state index contributed by atoms with van der Waals surface area (Å²) in [5, 5.41) is 3.16. The van der Waals surface area contributed by atoms with Crippen LogP contribution in [0.15, 0.2) is 23.1 Å². The molecule has 6 heteroatoms. The zero-order valence-corrected chi connectivity index (χ0v) is 11.5. The van der Waals surface area contributed by atoms with Crippen LogP contribution in [0.25, 0.3) is 11.0 Å². The topological polar surface area (TPSA) is 74.8 Å². The van der Waals surface area contributed by atoms with E-state index in [2.05, 4.69) is 22.2 Å². The zero-order chi connectivity index (χ0) is 13.3. The monoisotopic (exact) mass is 267 g/mol. The fourth-order valence-electron chi connectivity index (χ4n) is 1.94. The fourth-order valence-corrected chi connectivity index (χ4v) is 2.59. The van der Waals surface area contributed by atoms with Gasteiger partial charge in [0.1, 0.15) is 5.82 Å². The van der Waals surface area contributed by atoms with E-state index in [9.17, 15) is 8.42 Å². The van der Waals surface area contributed by atoms with Crippen LogP contribution in [0, 0.1) is 0 Å². The molecule has 0 bridgehead atoms. The summed E-state index contributed by atoms with van der Waals surface area (Å²) in [6.07, 6.45) is 2.11. The lowest BCUT2D eigenvalue weighted by molar-refractivity contribution is 0.551. The number of nitrogens with one attached hydrogen (secondary N) is 2. The number of fused-ring (bicyclic) bond motifs is 1. The Morgan fingerprint density at radius 3 is 2.72 bits per heavy atom. The minimum atomic E-state index is -3.18. The van der Waals surface area contributed by atoms with E-state index in [1.165, 1.54) is 6.26 Å². The summed E-state index contributed by atoms with van der Waals surface area (Å²) in [5.74, 6) is 0.834. The van der Waals surface area contributed by atoms with E-state index in [0.29, 0.717) is 4.90 Å². The van der Waals surface area contributed by atoms with Crippen LogP contribution in [0.2, 0.25) is 0 Å². The van der Waals surface area contributed by atoms with Crippen molar-refractivity contribution < 1.29 is 8.42 Å². The van der Waals surface area contributed by atoms with Crippen molar-refractivity contribution >= 4 is 20.9 Å². The summed E-state index contributed by atoms with van der Waals surface area (Å²) in [4.78, 5) is 7.95. The maximum absolute atomic E-state index is 11.5. The standard InChI is InChI=1S/C12H17N3O2S/c1-4-9(13-2)12-14-10-6-5-8(18(3,16)17)7-11(10)15-12/h5-7,9,13H,4H2,1-3H3,(H,14,15). The molecule has 1 aromatic carbocycles. The van der Waals surface area contributed by atoms with Gasteiger partial charge in [-0.15, -0.1) is 0 Å². The Labute approximate surface area is 107 Å². The van der Waals surface area contributed by atoms with Crippen molar-refractivity contribution in [3.05, 3.63) is 24.0 Å². The number of hydrogen-bond acceptors (Lipinski definition) is 4. The molecule has 1 aromatic heterocycles. The maximum atomic E-state index is 11.5. The molecule has 18 heavy (non-hydrogen) atoms. The lowest BCUT2D eigenvalue weighted by atomic mass is 10.2. The molecule has 0 radical (unpaired) electrons. The van der Waals surface area contributed by atoms with Crippen LogP contribution in [0.5, 0.6) is 0 Å². The smallest absolute Gasteiger partial charge is 0.175 e. The Morgan fingerprint density at radius 2 is 2.17 bits per heavy atom. The molecule has 98 valence electrons. The highest BCUT2D eigenvalue weighted by molar-refractivity contribution is 7.90. The fraction of sp³-hybridized carbons (Fsp3) is 0.417. The molecule has 2 rings (SSSR count). The number of imidazole rings is 1. The van der Waals surface area contributed by atoms with E-state index in [-0.39, 0.29) is 6.04 Å². The van der Waals surface area contributed by atoms with Crippen molar-refractivity contribution in [3.8, 4) is 0 Å². The van der Waals surface area contributed by atoms with Crippen LogP contribution in [-0.4, -0.2) is 31.7 Å². The summed E-state index contributed by atoms with van der Waals surface area (Å²) in [6.45, 7) is 2.07. The molecule has 0 aliphatic rings. The Balaban J connectivity index is 2.52. The molecule has 2 N–H and O–H groups in total. The van der Waals surface area contributed by atoms with Crippen LogP contribution in [0.3, 0.4) is 0 Å². The van der Waals surface area contributed by atoms with Crippen molar-refractivity contribution in [3.63, 3.8) is 0 Å². The SMILES string of the molecule is CCC(NC)c1nc2ccc(S(C)(=O)=O)cc2[nH]1. The van der Waals surface area contributed by atoms with Gasteiger partial charge in [-0.05, 0) is 31.7 Å². The molecule has 1 unspecified atom stereocenters. The first kappa shape index (κ1) is 13.0. The molecular weight excluding hydrogens is 250 g/mol. The predicted octanol–water partition coefficient (Wildman–Crippen LogP) is 1.64. The van der Waals surface area contributed by atoms with Gasteiger partial charge >= 0.3 is 0 Å². The molecule has 0 aliphatic carbocycles. The molecule has 0 amide bonds. The molecule has 0 saturated carbocycles. The quantitative estimate of drug-likeness (QED) is 0.883. The number of benzene rings is 1. The Morgan fingerprint density at radius 1 is 1.44 bits per heavy atom. The molecule has 1 heterocycles. The number of H-pyrrole nitrogens is 1. The Kier molecular flexibility index (Phi) is 3.41. The molecule has 0 spiro atoms. The highest BCUT2D eigenvalue weighted by Gasteiger charge is 2.14. The third-order valence-electron chi connectivity index (χ3n) is 2.99. The van der Waals surface area contributed by atoms with Crippen LogP contribution in [0.1, 0.15) is 25.2 Å². The first-order valence-corrected chi connectivity index (χ1v) is 7.72. The van der Waals surface area contributed by atoms with Gasteiger partial charge in [0.05, 0.1) is 22.0 Å². The summed E-state index contributed by atoms with van der Waals surface area (Å²) < 4.78 is 23.0. The molecule has 0 aliphatic heterocycles. The summed E-state index contributed by atoms with van der Waals surface area (Å²) >= 11 is 0. The van der Waals surface area contributed by atoms with E-state index in [1.54, 1.807) is 18.2 Å². The summed E-state index contributed by atoms with van der Waals surface area (Å²) in [5.41, 5.74) is 1.53. The van der Waals surface area contributed by atoms with Gasteiger partial charge in [0, 0.05) is 6.26 Å².